The molecule has 25 heavy (non-hydrogen) atoms. The molecule has 2 rings (SSSR count). The van der Waals surface area contributed by atoms with Crippen molar-refractivity contribution in [2.75, 3.05) is 11.9 Å². The fourth-order valence-corrected chi connectivity index (χ4v) is 2.07. The van der Waals surface area contributed by atoms with Crippen LogP contribution in [0.3, 0.4) is 0 Å². The predicted octanol–water partition coefficient (Wildman–Crippen LogP) is 2.97. The van der Waals surface area contributed by atoms with Gasteiger partial charge in [-0.2, -0.15) is 5.10 Å². The molecule has 0 aliphatic rings. The third-order valence-electron chi connectivity index (χ3n) is 2.96. The minimum Gasteiger partial charge on any atom is -0.492 e. The van der Waals surface area contributed by atoms with Gasteiger partial charge in [0, 0.05) is 0 Å². The average Bonchev–Trinajstić information content (AvgIpc) is 2.59. The molecular weight excluding hydrogens is 349 g/mol. The quantitative estimate of drug-likeness (QED) is 0.487. The van der Waals surface area contributed by atoms with Gasteiger partial charge in [0.25, 0.3) is 0 Å². The fourth-order valence-electron chi connectivity index (χ4n) is 1.83. The minimum atomic E-state index is -1.04. The van der Waals surface area contributed by atoms with Crippen LogP contribution in [0.15, 0.2) is 47.6 Å². The third kappa shape index (κ3) is 5.29. The number of halogens is 2. The first-order valence-corrected chi connectivity index (χ1v) is 7.70. The lowest BCUT2D eigenvalue weighted by Crippen LogP contribution is -2.32. The summed E-state index contributed by atoms with van der Waals surface area (Å²) in [7, 11) is 0. The van der Waals surface area contributed by atoms with E-state index in [0.29, 0.717) is 22.9 Å². The summed E-state index contributed by atoms with van der Waals surface area (Å²) in [5.74, 6) is -2.17. The highest BCUT2D eigenvalue weighted by atomic mass is 35.5. The number of hydrazone groups is 1. The van der Waals surface area contributed by atoms with Crippen LogP contribution in [-0.2, 0) is 9.59 Å². The van der Waals surface area contributed by atoms with Crippen LogP contribution in [0, 0.1) is 5.82 Å². The van der Waals surface area contributed by atoms with Gasteiger partial charge in [-0.1, -0.05) is 23.7 Å². The first-order valence-electron chi connectivity index (χ1n) is 7.32. The largest absolute Gasteiger partial charge is 0.492 e. The van der Waals surface area contributed by atoms with E-state index in [9.17, 15) is 14.0 Å². The maximum absolute atomic E-state index is 13.4. The highest BCUT2D eigenvalue weighted by Crippen LogP contribution is 2.24. The van der Waals surface area contributed by atoms with Crippen molar-refractivity contribution in [2.24, 2.45) is 5.10 Å². The van der Waals surface area contributed by atoms with E-state index in [1.807, 2.05) is 6.92 Å². The standard InChI is InChI=1S/C17H15ClFN3O3/c1-2-25-15-8-7-11(9-12(15)18)10-20-22-17(24)16(23)21-14-6-4-3-5-13(14)19/h3-10H,2H2,1H3,(H,21,23)(H,22,24)/b20-10-. The molecule has 8 heteroatoms. The summed E-state index contributed by atoms with van der Waals surface area (Å²) in [6.07, 6.45) is 1.32. The van der Waals surface area contributed by atoms with Crippen molar-refractivity contribution in [3.05, 3.63) is 58.9 Å². The Morgan fingerprint density at radius 1 is 1.24 bits per heavy atom. The molecule has 2 amide bonds. The molecule has 2 aromatic rings. The van der Waals surface area contributed by atoms with Crippen LogP contribution in [0.5, 0.6) is 5.75 Å². The molecule has 2 N–H and O–H groups in total. The molecule has 0 bridgehead atoms. The van der Waals surface area contributed by atoms with Crippen LogP contribution in [0.25, 0.3) is 0 Å². The zero-order valence-corrected chi connectivity index (χ0v) is 14.0. The topological polar surface area (TPSA) is 79.8 Å². The minimum absolute atomic E-state index is 0.0927. The first kappa shape index (κ1) is 18.4. The molecule has 6 nitrogen and oxygen atoms in total. The number of benzene rings is 2. The number of ether oxygens (including phenoxy) is 1. The molecule has 0 saturated carbocycles. The van der Waals surface area contributed by atoms with E-state index in [1.165, 1.54) is 30.5 Å². The van der Waals surface area contributed by atoms with Crippen molar-refractivity contribution < 1.29 is 18.7 Å². The Labute approximate surface area is 148 Å². The van der Waals surface area contributed by atoms with Crippen LogP contribution in [0.4, 0.5) is 10.1 Å². The van der Waals surface area contributed by atoms with Crippen LogP contribution in [0.1, 0.15) is 12.5 Å². The van der Waals surface area contributed by atoms with Crippen LogP contribution < -0.4 is 15.5 Å². The van der Waals surface area contributed by atoms with E-state index in [0.717, 1.165) is 0 Å². The number of amides is 2. The molecular formula is C17H15ClFN3O3. The van der Waals surface area contributed by atoms with E-state index in [4.69, 9.17) is 16.3 Å². The lowest BCUT2D eigenvalue weighted by molar-refractivity contribution is -0.136. The summed E-state index contributed by atoms with van der Waals surface area (Å²) >= 11 is 6.03. The van der Waals surface area contributed by atoms with Crippen molar-refractivity contribution in [2.45, 2.75) is 6.92 Å². The van der Waals surface area contributed by atoms with E-state index in [1.54, 1.807) is 18.2 Å². The van der Waals surface area contributed by atoms with Crippen LogP contribution in [-0.4, -0.2) is 24.6 Å². The van der Waals surface area contributed by atoms with Gasteiger partial charge in [-0.15, -0.1) is 0 Å². The summed E-state index contributed by atoms with van der Waals surface area (Å²) in [6.45, 7) is 2.33. The van der Waals surface area contributed by atoms with Gasteiger partial charge in [0.15, 0.2) is 0 Å². The molecule has 0 saturated heterocycles. The molecule has 0 aromatic heterocycles. The number of carbonyl (C=O) groups excluding carboxylic acids is 2. The van der Waals surface area contributed by atoms with Gasteiger partial charge >= 0.3 is 11.8 Å². The molecule has 0 heterocycles. The molecule has 0 aliphatic heterocycles. The Morgan fingerprint density at radius 2 is 2.00 bits per heavy atom. The summed E-state index contributed by atoms with van der Waals surface area (Å²) in [4.78, 5) is 23.3. The fraction of sp³-hybridized carbons (Fsp3) is 0.118. The lowest BCUT2D eigenvalue weighted by Gasteiger charge is -2.06. The maximum Gasteiger partial charge on any atom is 0.329 e. The highest BCUT2D eigenvalue weighted by molar-refractivity contribution is 6.39. The number of rotatable bonds is 5. The van der Waals surface area contributed by atoms with Crippen LogP contribution >= 0.6 is 11.6 Å². The smallest absolute Gasteiger partial charge is 0.329 e. The molecule has 0 fully saturated rings. The van der Waals surface area contributed by atoms with Gasteiger partial charge in [-0.05, 0) is 42.8 Å². The van der Waals surface area contributed by atoms with Crippen molar-refractivity contribution in [3.8, 4) is 5.75 Å². The molecule has 0 atom stereocenters. The second-order valence-electron chi connectivity index (χ2n) is 4.76. The number of nitrogens with one attached hydrogen (secondary N) is 2. The number of anilines is 1. The number of para-hydroxylation sites is 1. The molecule has 0 unspecified atom stereocenters. The molecule has 0 radical (unpaired) electrons. The zero-order chi connectivity index (χ0) is 18.2. The van der Waals surface area contributed by atoms with Gasteiger partial charge in [0.05, 0.1) is 23.5 Å². The van der Waals surface area contributed by atoms with Crippen LogP contribution in [0.2, 0.25) is 5.02 Å². The normalized spacial score (nSPS) is 10.5. The van der Waals surface area contributed by atoms with Crippen molar-refractivity contribution in [1.29, 1.82) is 0 Å². The lowest BCUT2D eigenvalue weighted by atomic mass is 10.2. The Kier molecular flexibility index (Phi) is 6.47. The average molecular weight is 364 g/mol. The monoisotopic (exact) mass is 363 g/mol. The number of hydrogen-bond acceptors (Lipinski definition) is 4. The van der Waals surface area contributed by atoms with E-state index < -0.39 is 17.6 Å². The van der Waals surface area contributed by atoms with Gasteiger partial charge in [0.2, 0.25) is 0 Å². The summed E-state index contributed by atoms with van der Waals surface area (Å²) in [6, 6.07) is 10.5. The molecule has 0 spiro atoms. The SMILES string of the molecule is CCOc1ccc(/C=N\NC(=O)C(=O)Nc2ccccc2F)cc1Cl. The van der Waals surface area contributed by atoms with E-state index >= 15 is 0 Å². The van der Waals surface area contributed by atoms with E-state index in [2.05, 4.69) is 15.8 Å². The second kappa shape index (κ2) is 8.79. The Hall–Kier alpha value is -2.93. The van der Waals surface area contributed by atoms with Gasteiger partial charge < -0.3 is 10.1 Å². The number of carbonyl (C=O) groups is 2. The predicted molar refractivity (Wildman–Crippen MR) is 93.4 cm³/mol. The maximum atomic E-state index is 13.4. The number of nitrogens with zero attached hydrogens (tertiary/aromatic N) is 1. The van der Waals surface area contributed by atoms with E-state index in [-0.39, 0.29) is 5.69 Å². The summed E-state index contributed by atoms with van der Waals surface area (Å²) < 4.78 is 18.7. The molecule has 2 aromatic carbocycles. The number of hydrogen-bond donors (Lipinski definition) is 2. The Balaban J connectivity index is 1.92. The third-order valence-corrected chi connectivity index (χ3v) is 3.26. The van der Waals surface area contributed by atoms with Gasteiger partial charge in [-0.25, -0.2) is 9.82 Å². The highest BCUT2D eigenvalue weighted by Gasteiger charge is 2.14. The second-order valence-corrected chi connectivity index (χ2v) is 5.16. The van der Waals surface area contributed by atoms with Gasteiger partial charge in [-0.3, -0.25) is 9.59 Å². The zero-order valence-electron chi connectivity index (χ0n) is 13.3. The Bertz CT molecular complexity index is 811. The molecule has 0 aliphatic carbocycles. The van der Waals surface area contributed by atoms with Crippen molar-refractivity contribution >= 4 is 35.3 Å². The first-order chi connectivity index (χ1) is 12.0. The van der Waals surface area contributed by atoms with Crippen molar-refractivity contribution in [3.63, 3.8) is 0 Å². The Morgan fingerprint density at radius 3 is 2.68 bits per heavy atom. The van der Waals surface area contributed by atoms with Gasteiger partial charge in [0.1, 0.15) is 11.6 Å². The summed E-state index contributed by atoms with van der Waals surface area (Å²) in [5.41, 5.74) is 2.56. The summed E-state index contributed by atoms with van der Waals surface area (Å²) in [5, 5.41) is 6.21. The molecule has 130 valence electrons. The van der Waals surface area contributed by atoms with Crippen molar-refractivity contribution in [1.82, 2.24) is 5.43 Å².